The molecule has 1 aliphatic rings. The van der Waals surface area contributed by atoms with E-state index >= 15 is 0 Å². The number of rotatable bonds is 2. The fourth-order valence-corrected chi connectivity index (χ4v) is 2.26. The first-order valence-electron chi connectivity index (χ1n) is 6.51. The lowest BCUT2D eigenvalue weighted by Gasteiger charge is -2.21. The topological polar surface area (TPSA) is 20.3 Å². The second kappa shape index (κ2) is 5.81. The molecule has 1 heterocycles. The summed E-state index contributed by atoms with van der Waals surface area (Å²) in [6.07, 6.45) is -1.55. The van der Waals surface area contributed by atoms with Crippen LogP contribution in [0.25, 0.3) is 0 Å². The largest absolute Gasteiger partial charge is 0.416 e. The Hall–Kier alpha value is -1.59. The Morgan fingerprint density at radius 3 is 2.55 bits per heavy atom. The molecule has 1 saturated heterocycles. The van der Waals surface area contributed by atoms with Gasteiger partial charge < -0.3 is 4.90 Å². The highest BCUT2D eigenvalue weighted by molar-refractivity contribution is 5.76. The van der Waals surface area contributed by atoms with Gasteiger partial charge in [-0.15, -0.1) is 0 Å². The number of hydrogen-bond donors (Lipinski definition) is 0. The van der Waals surface area contributed by atoms with Crippen molar-refractivity contribution in [1.29, 1.82) is 0 Å². The number of carbonyl (C=O) groups is 1. The van der Waals surface area contributed by atoms with Crippen molar-refractivity contribution in [2.24, 2.45) is 0 Å². The standard InChI is InChI=1S/C14H15F4NO/c15-12-8-11(14(16,17)18)6-5-10(12)9-19-7-3-1-2-4-13(19)20/h5-6,8H,1-4,7,9H2. The Labute approximate surface area is 114 Å². The molecule has 0 radical (unpaired) electrons. The molecule has 1 aliphatic heterocycles. The van der Waals surface area contributed by atoms with Crippen LogP contribution in [0.3, 0.4) is 0 Å². The van der Waals surface area contributed by atoms with Crippen LogP contribution in [0.4, 0.5) is 17.6 Å². The smallest absolute Gasteiger partial charge is 0.338 e. The minimum atomic E-state index is -4.56. The minimum Gasteiger partial charge on any atom is -0.338 e. The lowest BCUT2D eigenvalue weighted by atomic mass is 10.1. The van der Waals surface area contributed by atoms with Crippen LogP contribution in [0.15, 0.2) is 18.2 Å². The first kappa shape index (κ1) is 14.8. The van der Waals surface area contributed by atoms with E-state index in [1.54, 1.807) is 0 Å². The van der Waals surface area contributed by atoms with Gasteiger partial charge in [-0.1, -0.05) is 12.5 Å². The van der Waals surface area contributed by atoms with E-state index in [2.05, 4.69) is 0 Å². The monoisotopic (exact) mass is 289 g/mol. The molecule has 110 valence electrons. The molecule has 0 N–H and O–H groups in total. The SMILES string of the molecule is O=C1CCCCCN1Cc1ccc(C(F)(F)F)cc1F. The van der Waals surface area contributed by atoms with Gasteiger partial charge in [-0.25, -0.2) is 4.39 Å². The number of hydrogen-bond acceptors (Lipinski definition) is 1. The van der Waals surface area contributed by atoms with E-state index in [0.29, 0.717) is 19.0 Å². The van der Waals surface area contributed by atoms with Gasteiger partial charge in [0.15, 0.2) is 0 Å². The molecule has 0 unspecified atom stereocenters. The van der Waals surface area contributed by atoms with Crippen LogP contribution in [0.1, 0.15) is 36.8 Å². The van der Waals surface area contributed by atoms with Crippen molar-refractivity contribution in [2.75, 3.05) is 6.54 Å². The van der Waals surface area contributed by atoms with Gasteiger partial charge in [-0.05, 0) is 25.0 Å². The van der Waals surface area contributed by atoms with E-state index in [1.165, 1.54) is 4.90 Å². The number of alkyl halides is 3. The van der Waals surface area contributed by atoms with E-state index in [4.69, 9.17) is 0 Å². The third-order valence-corrected chi connectivity index (χ3v) is 3.41. The molecule has 0 aromatic heterocycles. The van der Waals surface area contributed by atoms with Crippen LogP contribution in [-0.2, 0) is 17.5 Å². The maximum absolute atomic E-state index is 13.7. The molecule has 1 aromatic carbocycles. The van der Waals surface area contributed by atoms with Gasteiger partial charge in [0.05, 0.1) is 5.56 Å². The summed E-state index contributed by atoms with van der Waals surface area (Å²) in [5.41, 5.74) is -0.894. The van der Waals surface area contributed by atoms with Crippen molar-refractivity contribution in [3.8, 4) is 0 Å². The van der Waals surface area contributed by atoms with Gasteiger partial charge in [-0.3, -0.25) is 4.79 Å². The second-order valence-corrected chi connectivity index (χ2v) is 4.93. The molecule has 1 amide bonds. The zero-order chi connectivity index (χ0) is 14.8. The van der Waals surface area contributed by atoms with Gasteiger partial charge in [0.2, 0.25) is 5.91 Å². The highest BCUT2D eigenvalue weighted by atomic mass is 19.4. The molecule has 1 fully saturated rings. The molecule has 0 atom stereocenters. The van der Waals surface area contributed by atoms with Crippen molar-refractivity contribution in [2.45, 2.75) is 38.4 Å². The summed E-state index contributed by atoms with van der Waals surface area (Å²) < 4.78 is 51.1. The van der Waals surface area contributed by atoms with Gasteiger partial charge in [-0.2, -0.15) is 13.2 Å². The van der Waals surface area contributed by atoms with Crippen molar-refractivity contribution in [3.63, 3.8) is 0 Å². The lowest BCUT2D eigenvalue weighted by Crippen LogP contribution is -2.30. The van der Waals surface area contributed by atoms with Crippen LogP contribution < -0.4 is 0 Å². The van der Waals surface area contributed by atoms with Gasteiger partial charge in [0.25, 0.3) is 0 Å². The van der Waals surface area contributed by atoms with Gasteiger partial charge >= 0.3 is 6.18 Å². The molecule has 2 rings (SSSR count). The third-order valence-electron chi connectivity index (χ3n) is 3.41. The van der Waals surface area contributed by atoms with Crippen molar-refractivity contribution < 1.29 is 22.4 Å². The maximum Gasteiger partial charge on any atom is 0.416 e. The molecule has 0 aliphatic carbocycles. The van der Waals surface area contributed by atoms with Gasteiger partial charge in [0.1, 0.15) is 5.82 Å². The Balaban J connectivity index is 2.15. The van der Waals surface area contributed by atoms with E-state index in [9.17, 15) is 22.4 Å². The molecule has 0 saturated carbocycles. The van der Waals surface area contributed by atoms with E-state index in [0.717, 1.165) is 31.4 Å². The van der Waals surface area contributed by atoms with Crippen LogP contribution in [-0.4, -0.2) is 17.4 Å². The average molecular weight is 289 g/mol. The molecule has 6 heteroatoms. The number of halogens is 4. The molecule has 0 spiro atoms. The summed E-state index contributed by atoms with van der Waals surface area (Å²) in [6, 6.07) is 2.44. The maximum atomic E-state index is 13.7. The number of amides is 1. The predicted octanol–water partition coefficient (Wildman–Crippen LogP) is 3.75. The summed E-state index contributed by atoms with van der Waals surface area (Å²) in [7, 11) is 0. The highest BCUT2D eigenvalue weighted by Gasteiger charge is 2.31. The number of nitrogens with zero attached hydrogens (tertiary/aromatic N) is 1. The Morgan fingerprint density at radius 2 is 1.90 bits per heavy atom. The first-order chi connectivity index (χ1) is 9.38. The molecular weight excluding hydrogens is 274 g/mol. The van der Waals surface area contributed by atoms with Crippen molar-refractivity contribution in [1.82, 2.24) is 4.90 Å². The number of benzene rings is 1. The van der Waals surface area contributed by atoms with Crippen molar-refractivity contribution in [3.05, 3.63) is 35.1 Å². The van der Waals surface area contributed by atoms with E-state index in [1.807, 2.05) is 0 Å². The molecule has 0 bridgehead atoms. The Morgan fingerprint density at radius 1 is 1.15 bits per heavy atom. The normalized spacial score (nSPS) is 17.2. The average Bonchev–Trinajstić information content (AvgIpc) is 2.56. The van der Waals surface area contributed by atoms with Crippen molar-refractivity contribution >= 4 is 5.91 Å². The summed E-state index contributed by atoms with van der Waals surface area (Å²) >= 11 is 0. The molecule has 20 heavy (non-hydrogen) atoms. The van der Waals surface area contributed by atoms with E-state index in [-0.39, 0.29) is 18.0 Å². The first-order valence-corrected chi connectivity index (χ1v) is 6.51. The fourth-order valence-electron chi connectivity index (χ4n) is 2.26. The van der Waals surface area contributed by atoms with Crippen LogP contribution in [0, 0.1) is 5.82 Å². The zero-order valence-electron chi connectivity index (χ0n) is 10.8. The summed E-state index contributed by atoms with van der Waals surface area (Å²) in [5.74, 6) is -0.987. The van der Waals surface area contributed by atoms with Crippen LogP contribution in [0.2, 0.25) is 0 Å². The Kier molecular flexibility index (Phi) is 4.30. The fraction of sp³-hybridized carbons (Fsp3) is 0.500. The molecule has 1 aromatic rings. The zero-order valence-corrected chi connectivity index (χ0v) is 10.8. The molecule has 2 nitrogen and oxygen atoms in total. The van der Waals surface area contributed by atoms with Crippen LogP contribution >= 0.6 is 0 Å². The summed E-state index contributed by atoms with van der Waals surface area (Å²) in [6.45, 7) is 0.558. The minimum absolute atomic E-state index is 0.0306. The highest BCUT2D eigenvalue weighted by Crippen LogP contribution is 2.30. The van der Waals surface area contributed by atoms with E-state index < -0.39 is 17.6 Å². The van der Waals surface area contributed by atoms with Gasteiger partial charge in [0, 0.05) is 25.1 Å². The summed E-state index contributed by atoms with van der Waals surface area (Å²) in [4.78, 5) is 13.3. The third kappa shape index (κ3) is 3.49. The molecular formula is C14H15F4NO. The lowest BCUT2D eigenvalue weighted by molar-refractivity contribution is -0.138. The quantitative estimate of drug-likeness (QED) is 0.759. The summed E-state index contributed by atoms with van der Waals surface area (Å²) in [5, 5.41) is 0. The Bertz CT molecular complexity index is 498. The second-order valence-electron chi connectivity index (χ2n) is 4.93. The van der Waals surface area contributed by atoms with Crippen LogP contribution in [0.5, 0.6) is 0 Å². The number of likely N-dealkylation sites (tertiary alicyclic amines) is 1. The number of carbonyl (C=O) groups excluding carboxylic acids is 1. The predicted molar refractivity (Wildman–Crippen MR) is 65.3 cm³/mol.